The summed E-state index contributed by atoms with van der Waals surface area (Å²) in [6.07, 6.45) is 0. The highest BCUT2D eigenvalue weighted by Gasteiger charge is 2.19. The number of rotatable bonds is 5. The Hall–Kier alpha value is -1.40. The van der Waals surface area contributed by atoms with Gasteiger partial charge in [0.05, 0.1) is 49.4 Å². The summed E-state index contributed by atoms with van der Waals surface area (Å²) < 4.78 is 38.0. The first-order valence-corrected chi connectivity index (χ1v) is 15.1. The largest absolute Gasteiger partial charge is 0.496 e. The summed E-state index contributed by atoms with van der Waals surface area (Å²) in [5.74, 6) is 1.46. The minimum absolute atomic E-state index is 0.0424. The molecule has 2 aromatic carbocycles. The smallest absolute Gasteiger partial charge is 0.159 e. The lowest BCUT2D eigenvalue weighted by molar-refractivity contribution is 0.101. The number of methoxy groups -OCH3 is 2. The number of Topliss-reactive ketones (excluding diaryl/α,β-unsaturated/α-hetero) is 1. The maximum atomic E-state index is 12.0. The second-order valence-electron chi connectivity index (χ2n) is 9.70. The van der Waals surface area contributed by atoms with Gasteiger partial charge < -0.3 is 9.47 Å². The van der Waals surface area contributed by atoms with Crippen LogP contribution < -0.4 is 14.6 Å². The summed E-state index contributed by atoms with van der Waals surface area (Å²) in [6, 6.07) is 11.0. The second kappa shape index (κ2) is 15.9. The van der Waals surface area contributed by atoms with E-state index < -0.39 is 22.0 Å². The maximum Gasteiger partial charge on any atom is 0.159 e. The van der Waals surface area contributed by atoms with Gasteiger partial charge >= 0.3 is 0 Å². The lowest BCUT2D eigenvalue weighted by atomic mass is 10.1. The summed E-state index contributed by atoms with van der Waals surface area (Å²) in [5, 5.41) is 5.04. The van der Waals surface area contributed by atoms with Gasteiger partial charge in [0.1, 0.15) is 22.5 Å². The second-order valence-corrected chi connectivity index (χ2v) is 15.1. The van der Waals surface area contributed by atoms with Gasteiger partial charge in [0.2, 0.25) is 0 Å². The molecule has 0 saturated carbocycles. The van der Waals surface area contributed by atoms with Crippen LogP contribution in [0.3, 0.4) is 0 Å². The number of carbonyl (C=O) groups is 1. The molecule has 0 aromatic heterocycles. The Labute approximate surface area is 243 Å². The van der Waals surface area contributed by atoms with Gasteiger partial charge in [-0.15, -0.1) is 0 Å². The average molecular weight is 683 g/mol. The van der Waals surface area contributed by atoms with E-state index in [1.54, 1.807) is 32.4 Å². The van der Waals surface area contributed by atoms with Crippen molar-refractivity contribution in [1.29, 1.82) is 0 Å². The molecule has 0 aliphatic heterocycles. The summed E-state index contributed by atoms with van der Waals surface area (Å²) in [5.41, 5.74) is 2.32. The molecule has 2 rings (SSSR count). The van der Waals surface area contributed by atoms with E-state index >= 15 is 0 Å². The summed E-state index contributed by atoms with van der Waals surface area (Å²) >= 11 is 6.70. The minimum atomic E-state index is -1.25. The van der Waals surface area contributed by atoms with Gasteiger partial charge in [0.25, 0.3) is 0 Å². The summed E-state index contributed by atoms with van der Waals surface area (Å²) in [6.45, 7) is 14.6. The topological polar surface area (TPSA) is 108 Å². The lowest BCUT2D eigenvalue weighted by Crippen LogP contribution is -2.27. The summed E-state index contributed by atoms with van der Waals surface area (Å²) in [7, 11) is 0.759. The predicted molar refractivity (Wildman–Crippen MR) is 164 cm³/mol. The third-order valence-corrected chi connectivity index (χ3v) is 8.48. The van der Waals surface area contributed by atoms with Crippen LogP contribution in [-0.4, -0.2) is 43.6 Å². The SMILES string of the molecule is CC(C)(C)S(N)=O.COc1cc(C(C)=NS(=O)C(C)(C)C)ccc1Br.COc1cc(C(C)=O)ccc1Br. The molecule has 208 valence electrons. The third-order valence-electron chi connectivity index (χ3n) is 4.47. The summed E-state index contributed by atoms with van der Waals surface area (Å²) in [4.78, 5) is 11.0. The van der Waals surface area contributed by atoms with Gasteiger partial charge in [0, 0.05) is 11.1 Å². The first-order chi connectivity index (χ1) is 16.8. The highest BCUT2D eigenvalue weighted by Crippen LogP contribution is 2.27. The maximum absolute atomic E-state index is 12.0. The van der Waals surface area contributed by atoms with Crippen LogP contribution in [0, 0.1) is 0 Å². The standard InChI is InChI=1S/C13H18BrNO2S.C9H9BrO2.C4H11NOS/c1-9(15-18(16)13(2,3)4)10-6-7-11(14)12(8-10)17-5;1-6(11)7-3-4-8(10)9(5-7)12-2;1-4(2,3)7(5)6/h6-8H,1-5H3;3-5H,1-2H3;5H2,1-3H3. The van der Waals surface area contributed by atoms with E-state index in [0.29, 0.717) is 11.3 Å². The number of halogens is 2. The van der Waals surface area contributed by atoms with Crippen LogP contribution in [-0.2, 0) is 22.0 Å². The number of nitrogens with two attached hydrogens (primary N) is 1. The third kappa shape index (κ3) is 13.3. The van der Waals surface area contributed by atoms with Crippen molar-refractivity contribution in [3.05, 3.63) is 56.5 Å². The van der Waals surface area contributed by atoms with Gasteiger partial charge in [0.15, 0.2) is 5.78 Å². The van der Waals surface area contributed by atoms with Crippen LogP contribution in [0.5, 0.6) is 11.5 Å². The molecule has 0 aliphatic carbocycles. The Morgan fingerprint density at radius 3 is 1.51 bits per heavy atom. The Morgan fingerprint density at radius 2 is 1.19 bits per heavy atom. The fourth-order valence-corrected chi connectivity index (χ4v) is 3.52. The molecule has 0 amide bonds. The number of hydrogen-bond donors (Lipinski definition) is 1. The Kier molecular flexibility index (Phi) is 15.3. The van der Waals surface area contributed by atoms with E-state index in [4.69, 9.17) is 14.6 Å². The van der Waals surface area contributed by atoms with Crippen molar-refractivity contribution in [2.75, 3.05) is 14.2 Å². The Balaban J connectivity index is 0.000000586. The van der Waals surface area contributed by atoms with E-state index in [-0.39, 0.29) is 15.3 Å². The molecule has 0 bridgehead atoms. The number of hydrogen-bond acceptors (Lipinski definition) is 5. The molecule has 7 nitrogen and oxygen atoms in total. The Bertz CT molecular complexity index is 1140. The normalized spacial score (nSPS) is 13.3. The minimum Gasteiger partial charge on any atom is -0.496 e. The van der Waals surface area contributed by atoms with Gasteiger partial charge in [-0.2, -0.15) is 4.40 Å². The first-order valence-electron chi connectivity index (χ1n) is 11.2. The van der Waals surface area contributed by atoms with Gasteiger partial charge in [-0.05, 0) is 112 Å². The van der Waals surface area contributed by atoms with Crippen molar-refractivity contribution in [3.8, 4) is 11.5 Å². The van der Waals surface area contributed by atoms with Crippen molar-refractivity contribution in [1.82, 2.24) is 0 Å². The molecule has 0 spiro atoms. The van der Waals surface area contributed by atoms with E-state index in [0.717, 1.165) is 26.0 Å². The van der Waals surface area contributed by atoms with Crippen LogP contribution in [0.25, 0.3) is 0 Å². The van der Waals surface area contributed by atoms with Crippen molar-refractivity contribution >= 4 is 65.3 Å². The molecule has 0 radical (unpaired) electrons. The molecular weight excluding hydrogens is 644 g/mol. The fraction of sp³-hybridized carbons (Fsp3) is 0.462. The molecule has 2 aromatic rings. The zero-order valence-electron chi connectivity index (χ0n) is 23.1. The molecule has 37 heavy (non-hydrogen) atoms. The number of nitrogens with zero attached hydrogens (tertiary/aromatic N) is 1. The number of ketones is 1. The molecule has 11 heteroatoms. The number of ether oxygens (including phenoxy) is 2. The van der Waals surface area contributed by atoms with Crippen molar-refractivity contribution in [2.45, 2.75) is 64.9 Å². The van der Waals surface area contributed by atoms with Crippen LogP contribution >= 0.6 is 31.9 Å². The van der Waals surface area contributed by atoms with E-state index in [9.17, 15) is 13.2 Å². The molecular formula is C26H38Br2N2O5S2. The van der Waals surface area contributed by atoms with Gasteiger partial charge in [-0.3, -0.25) is 9.93 Å². The van der Waals surface area contributed by atoms with Crippen LogP contribution in [0.1, 0.15) is 71.3 Å². The molecule has 2 N–H and O–H groups in total. The van der Waals surface area contributed by atoms with Crippen LogP contribution in [0.4, 0.5) is 0 Å². The molecule has 2 unspecified atom stereocenters. The quantitative estimate of drug-likeness (QED) is 0.276. The van der Waals surface area contributed by atoms with Gasteiger partial charge in [-0.1, -0.05) is 12.1 Å². The van der Waals surface area contributed by atoms with Gasteiger partial charge in [-0.25, -0.2) is 8.42 Å². The number of benzene rings is 2. The molecule has 0 saturated heterocycles. The highest BCUT2D eigenvalue weighted by atomic mass is 79.9. The molecule has 0 heterocycles. The average Bonchev–Trinajstić information content (AvgIpc) is 2.79. The molecule has 0 fully saturated rings. The molecule has 2 atom stereocenters. The predicted octanol–water partition coefficient (Wildman–Crippen LogP) is 6.80. The van der Waals surface area contributed by atoms with Crippen LogP contribution in [0.2, 0.25) is 0 Å². The molecule has 0 aliphatic rings. The fourth-order valence-electron chi connectivity index (χ4n) is 2.08. The van der Waals surface area contributed by atoms with Crippen molar-refractivity contribution in [3.63, 3.8) is 0 Å². The zero-order chi connectivity index (χ0) is 29.1. The first kappa shape index (κ1) is 35.6. The highest BCUT2D eigenvalue weighted by molar-refractivity contribution is 9.10. The lowest BCUT2D eigenvalue weighted by Gasteiger charge is -2.14. The van der Waals surface area contributed by atoms with Crippen LogP contribution in [0.15, 0.2) is 49.7 Å². The monoisotopic (exact) mass is 680 g/mol. The van der Waals surface area contributed by atoms with Crippen molar-refractivity contribution < 1.29 is 22.7 Å². The Morgan fingerprint density at radius 1 is 0.811 bits per heavy atom. The van der Waals surface area contributed by atoms with Crippen molar-refractivity contribution in [2.24, 2.45) is 9.54 Å². The zero-order valence-corrected chi connectivity index (χ0v) is 27.9. The van der Waals surface area contributed by atoms with E-state index in [2.05, 4.69) is 36.3 Å². The van der Waals surface area contributed by atoms with E-state index in [1.807, 2.05) is 66.7 Å². The van der Waals surface area contributed by atoms with E-state index in [1.165, 1.54) is 6.92 Å². The number of carbonyl (C=O) groups excluding carboxylic acids is 1.